The van der Waals surface area contributed by atoms with Gasteiger partial charge in [0, 0.05) is 5.56 Å². The van der Waals surface area contributed by atoms with Crippen LogP contribution in [0.2, 0.25) is 0 Å². The summed E-state index contributed by atoms with van der Waals surface area (Å²) in [7, 11) is 0. The average molecular weight is 289 g/mol. The van der Waals surface area contributed by atoms with Crippen molar-refractivity contribution in [2.24, 2.45) is 10.7 Å². The molecule has 0 bridgehead atoms. The molecular weight excluding hydrogens is 272 g/mol. The number of aliphatic hydroxyl groups excluding tert-OH is 1. The lowest BCUT2D eigenvalue weighted by atomic mass is 9.98. The molecule has 3 nitrogen and oxygen atoms in total. The first kappa shape index (κ1) is 14.6. The van der Waals surface area contributed by atoms with Crippen LogP contribution in [0.5, 0.6) is 0 Å². The molecule has 0 heterocycles. The molecule has 0 radical (unpaired) electrons. The zero-order valence-electron chi connectivity index (χ0n) is 11.3. The van der Waals surface area contributed by atoms with Gasteiger partial charge in [-0.05, 0) is 18.6 Å². The van der Waals surface area contributed by atoms with Crippen molar-refractivity contribution in [3.8, 4) is 0 Å². The van der Waals surface area contributed by atoms with Gasteiger partial charge in [-0.25, -0.2) is 4.99 Å². The second-order valence-electron chi connectivity index (χ2n) is 4.61. The van der Waals surface area contributed by atoms with Gasteiger partial charge in [0.15, 0.2) is 0 Å². The first-order chi connectivity index (χ1) is 9.61. The van der Waals surface area contributed by atoms with E-state index >= 15 is 0 Å². The summed E-state index contributed by atoms with van der Waals surface area (Å²) in [5.41, 5.74) is 8.93. The maximum Gasteiger partial charge on any atom is 0.115 e. The number of halogens is 1. The van der Waals surface area contributed by atoms with Crippen LogP contribution in [0.3, 0.4) is 0 Å². The molecule has 2 aromatic rings. The second-order valence-corrected chi connectivity index (χ2v) is 4.88. The van der Waals surface area contributed by atoms with E-state index in [1.165, 1.54) is 0 Å². The lowest BCUT2D eigenvalue weighted by Gasteiger charge is -2.15. The van der Waals surface area contributed by atoms with Crippen molar-refractivity contribution in [2.45, 2.75) is 13.0 Å². The Balaban J connectivity index is 2.47. The minimum Gasteiger partial charge on any atom is -0.386 e. The highest BCUT2D eigenvalue weighted by molar-refractivity contribution is 6.28. The normalized spacial score (nSPS) is 13.2. The minimum absolute atomic E-state index is 0.161. The standard InChI is InChI=1S/C16H17ClN2O/c1-11-7-8-14(19-15(18)10-17)13(9-11)16(20)12-5-3-2-4-6-12/h2-9,16,20H,10H2,1H3,(H2,18,19). The molecule has 2 aromatic carbocycles. The number of hydrogen-bond acceptors (Lipinski definition) is 2. The summed E-state index contributed by atoms with van der Waals surface area (Å²) in [6.07, 6.45) is -0.738. The number of aryl methyl sites for hydroxylation is 1. The SMILES string of the molecule is Cc1ccc(N=C(N)CCl)c(C(O)c2ccccc2)c1. The van der Waals surface area contributed by atoms with Crippen molar-refractivity contribution in [1.29, 1.82) is 0 Å². The molecule has 3 N–H and O–H groups in total. The first-order valence-corrected chi connectivity index (χ1v) is 6.88. The molecule has 0 aromatic heterocycles. The number of alkyl halides is 1. The Hall–Kier alpha value is -1.84. The van der Waals surface area contributed by atoms with Crippen LogP contribution >= 0.6 is 11.6 Å². The van der Waals surface area contributed by atoms with Crippen molar-refractivity contribution in [2.75, 3.05) is 5.88 Å². The summed E-state index contributed by atoms with van der Waals surface area (Å²) in [5.74, 6) is 0.492. The Kier molecular flexibility index (Phi) is 4.77. The van der Waals surface area contributed by atoms with Crippen LogP contribution in [0.1, 0.15) is 22.8 Å². The van der Waals surface area contributed by atoms with Gasteiger partial charge in [0.1, 0.15) is 11.9 Å². The van der Waals surface area contributed by atoms with Gasteiger partial charge >= 0.3 is 0 Å². The molecule has 104 valence electrons. The smallest absolute Gasteiger partial charge is 0.115 e. The highest BCUT2D eigenvalue weighted by atomic mass is 35.5. The van der Waals surface area contributed by atoms with E-state index in [-0.39, 0.29) is 5.88 Å². The van der Waals surface area contributed by atoms with Crippen molar-refractivity contribution >= 4 is 23.1 Å². The molecule has 0 aliphatic carbocycles. The third kappa shape index (κ3) is 3.38. The van der Waals surface area contributed by atoms with Crippen LogP contribution in [0.4, 0.5) is 5.69 Å². The van der Waals surface area contributed by atoms with E-state index in [1.807, 2.05) is 55.5 Å². The number of aliphatic hydroxyl groups is 1. The molecule has 2 rings (SSSR count). The molecule has 20 heavy (non-hydrogen) atoms. The van der Waals surface area contributed by atoms with Gasteiger partial charge in [-0.2, -0.15) is 0 Å². The van der Waals surface area contributed by atoms with Crippen LogP contribution in [0.25, 0.3) is 0 Å². The van der Waals surface area contributed by atoms with Crippen molar-refractivity contribution in [1.82, 2.24) is 0 Å². The third-order valence-corrected chi connectivity index (χ3v) is 3.27. The molecule has 0 aliphatic rings. The highest BCUT2D eigenvalue weighted by Gasteiger charge is 2.14. The Morgan fingerprint density at radius 2 is 1.95 bits per heavy atom. The molecule has 1 atom stereocenters. The van der Waals surface area contributed by atoms with Gasteiger partial charge in [0.05, 0.1) is 11.6 Å². The second kappa shape index (κ2) is 6.55. The largest absolute Gasteiger partial charge is 0.386 e. The minimum atomic E-state index is -0.738. The highest BCUT2D eigenvalue weighted by Crippen LogP contribution is 2.31. The van der Waals surface area contributed by atoms with Gasteiger partial charge in [-0.1, -0.05) is 48.0 Å². The molecule has 0 fully saturated rings. The fraction of sp³-hybridized carbons (Fsp3) is 0.188. The predicted molar refractivity (Wildman–Crippen MR) is 83.7 cm³/mol. The van der Waals surface area contributed by atoms with Gasteiger partial charge < -0.3 is 10.8 Å². The van der Waals surface area contributed by atoms with Crippen molar-refractivity contribution in [3.05, 3.63) is 65.2 Å². The average Bonchev–Trinajstić information content (AvgIpc) is 2.49. The molecule has 0 saturated heterocycles. The number of benzene rings is 2. The number of nitrogens with zero attached hydrogens (tertiary/aromatic N) is 1. The Bertz CT molecular complexity index is 611. The van der Waals surface area contributed by atoms with E-state index in [0.29, 0.717) is 11.5 Å². The molecule has 0 aliphatic heterocycles. The Morgan fingerprint density at radius 3 is 2.60 bits per heavy atom. The number of amidine groups is 1. The summed E-state index contributed by atoms with van der Waals surface area (Å²) in [4.78, 5) is 4.27. The van der Waals surface area contributed by atoms with E-state index in [0.717, 1.165) is 16.7 Å². The zero-order valence-corrected chi connectivity index (χ0v) is 12.0. The van der Waals surface area contributed by atoms with Crippen LogP contribution < -0.4 is 5.73 Å². The van der Waals surface area contributed by atoms with Crippen LogP contribution in [0.15, 0.2) is 53.5 Å². The van der Waals surface area contributed by atoms with Gasteiger partial charge in [-0.15, -0.1) is 11.6 Å². The molecule has 0 saturated carbocycles. The van der Waals surface area contributed by atoms with E-state index in [1.54, 1.807) is 0 Å². The van der Waals surface area contributed by atoms with E-state index in [4.69, 9.17) is 17.3 Å². The number of aliphatic imine (C=N–C) groups is 1. The Labute approximate surface area is 123 Å². The zero-order chi connectivity index (χ0) is 14.5. The quantitative estimate of drug-likeness (QED) is 0.515. The maximum atomic E-state index is 10.5. The molecule has 0 spiro atoms. The Morgan fingerprint density at radius 1 is 1.25 bits per heavy atom. The fourth-order valence-corrected chi connectivity index (χ4v) is 2.05. The fourth-order valence-electron chi connectivity index (χ4n) is 1.99. The van der Waals surface area contributed by atoms with Gasteiger partial charge in [-0.3, -0.25) is 0 Å². The summed E-state index contributed by atoms with van der Waals surface area (Å²) < 4.78 is 0. The third-order valence-electron chi connectivity index (χ3n) is 2.99. The van der Waals surface area contributed by atoms with Crippen molar-refractivity contribution in [3.63, 3.8) is 0 Å². The van der Waals surface area contributed by atoms with Crippen LogP contribution in [-0.2, 0) is 0 Å². The van der Waals surface area contributed by atoms with Crippen LogP contribution in [-0.4, -0.2) is 16.8 Å². The molecule has 4 heteroatoms. The number of rotatable bonds is 4. The molecular formula is C16H17ClN2O. The molecule has 0 amide bonds. The van der Waals surface area contributed by atoms with Crippen molar-refractivity contribution < 1.29 is 5.11 Å². The monoisotopic (exact) mass is 288 g/mol. The van der Waals surface area contributed by atoms with E-state index in [2.05, 4.69) is 4.99 Å². The summed E-state index contributed by atoms with van der Waals surface area (Å²) in [6, 6.07) is 15.2. The number of nitrogens with two attached hydrogens (primary N) is 1. The summed E-state index contributed by atoms with van der Waals surface area (Å²) in [5, 5.41) is 10.5. The lowest BCUT2D eigenvalue weighted by Crippen LogP contribution is -2.12. The maximum absolute atomic E-state index is 10.5. The first-order valence-electron chi connectivity index (χ1n) is 6.34. The van der Waals surface area contributed by atoms with E-state index < -0.39 is 6.10 Å². The number of hydrogen-bond donors (Lipinski definition) is 2. The van der Waals surface area contributed by atoms with Gasteiger partial charge in [0.2, 0.25) is 0 Å². The predicted octanol–water partition coefficient (Wildman–Crippen LogP) is 3.30. The topological polar surface area (TPSA) is 58.6 Å². The lowest BCUT2D eigenvalue weighted by molar-refractivity contribution is 0.221. The summed E-state index contributed by atoms with van der Waals surface area (Å²) >= 11 is 5.66. The van der Waals surface area contributed by atoms with Gasteiger partial charge in [0.25, 0.3) is 0 Å². The van der Waals surface area contributed by atoms with Crippen LogP contribution in [0, 0.1) is 6.92 Å². The molecule has 1 unspecified atom stereocenters. The van der Waals surface area contributed by atoms with E-state index in [9.17, 15) is 5.11 Å². The summed E-state index contributed by atoms with van der Waals surface area (Å²) in [6.45, 7) is 1.97.